The molecule has 0 saturated carbocycles. The first kappa shape index (κ1) is 22.4. The van der Waals surface area contributed by atoms with Crippen LogP contribution in [-0.4, -0.2) is 78.8 Å². The van der Waals surface area contributed by atoms with Gasteiger partial charge in [0.25, 0.3) is 0 Å². The first-order valence-electron chi connectivity index (χ1n) is 10.9. The molecule has 0 aliphatic carbocycles. The Morgan fingerprint density at radius 1 is 1.30 bits per heavy atom. The summed E-state index contributed by atoms with van der Waals surface area (Å²) in [4.78, 5) is 31.1. The van der Waals surface area contributed by atoms with Gasteiger partial charge in [0.15, 0.2) is 0 Å². The Hall–Kier alpha value is -2.32. The summed E-state index contributed by atoms with van der Waals surface area (Å²) in [5.41, 5.74) is 1.35. The molecule has 2 aliphatic rings. The van der Waals surface area contributed by atoms with Gasteiger partial charge in [-0.05, 0) is 44.4 Å². The molecule has 3 rings (SSSR count). The lowest BCUT2D eigenvalue weighted by Crippen LogP contribution is -2.56. The van der Waals surface area contributed by atoms with Crippen molar-refractivity contribution < 1.29 is 19.4 Å². The van der Waals surface area contributed by atoms with Crippen LogP contribution < -0.4 is 15.0 Å². The van der Waals surface area contributed by atoms with E-state index < -0.39 is 0 Å². The van der Waals surface area contributed by atoms with E-state index in [2.05, 4.69) is 17.1 Å². The lowest BCUT2D eigenvalue weighted by molar-refractivity contribution is -0.119. The minimum Gasteiger partial charge on any atom is -0.495 e. The van der Waals surface area contributed by atoms with Crippen LogP contribution in [0.3, 0.4) is 0 Å². The van der Waals surface area contributed by atoms with Crippen molar-refractivity contribution in [3.63, 3.8) is 0 Å². The van der Waals surface area contributed by atoms with E-state index >= 15 is 0 Å². The molecule has 2 N–H and O–H groups in total. The molecule has 2 saturated heterocycles. The van der Waals surface area contributed by atoms with Crippen LogP contribution >= 0.6 is 0 Å². The Kier molecular flexibility index (Phi) is 7.55. The van der Waals surface area contributed by atoms with Gasteiger partial charge in [0.2, 0.25) is 5.91 Å². The third-order valence-electron chi connectivity index (χ3n) is 5.91. The van der Waals surface area contributed by atoms with E-state index in [1.54, 1.807) is 31.1 Å². The van der Waals surface area contributed by atoms with E-state index in [1.807, 2.05) is 11.0 Å². The number of urea groups is 1. The predicted octanol–water partition coefficient (Wildman–Crippen LogP) is 2.52. The summed E-state index contributed by atoms with van der Waals surface area (Å²) in [5, 5.41) is 12.7. The molecule has 30 heavy (non-hydrogen) atoms. The number of β-amino-alcohol motifs (C(OH)–C–C–N with tert-alkyl or cyclic N) is 1. The SMILES string of the molecule is CC[C@H]1CN(C(=O)Nc2ccc(OC)c(N3CCCCC3=O)c2)CCN1C[C@@H](C)O. The summed E-state index contributed by atoms with van der Waals surface area (Å²) in [6.45, 7) is 7.17. The Morgan fingerprint density at radius 2 is 2.10 bits per heavy atom. The van der Waals surface area contributed by atoms with E-state index in [0.717, 1.165) is 25.8 Å². The lowest BCUT2D eigenvalue weighted by Gasteiger charge is -2.41. The molecular weight excluding hydrogens is 384 g/mol. The number of methoxy groups -OCH3 is 1. The van der Waals surface area contributed by atoms with Gasteiger partial charge in [0.05, 0.1) is 18.9 Å². The van der Waals surface area contributed by atoms with Crippen molar-refractivity contribution in [2.24, 2.45) is 0 Å². The number of aliphatic hydroxyl groups is 1. The van der Waals surface area contributed by atoms with Crippen molar-refractivity contribution in [1.82, 2.24) is 9.80 Å². The van der Waals surface area contributed by atoms with Crippen LogP contribution in [-0.2, 0) is 4.79 Å². The Morgan fingerprint density at radius 3 is 2.77 bits per heavy atom. The number of piperidine rings is 1. The maximum absolute atomic E-state index is 12.9. The Bertz CT molecular complexity index is 755. The normalized spacial score (nSPS) is 21.5. The van der Waals surface area contributed by atoms with Crippen molar-refractivity contribution in [3.8, 4) is 5.75 Å². The molecule has 0 radical (unpaired) electrons. The fourth-order valence-electron chi connectivity index (χ4n) is 4.29. The standard InChI is InChI=1S/C22H34N4O4/c1-4-18-15-25(12-11-24(18)14-16(2)27)22(29)23-17-8-9-20(30-3)19(13-17)26-10-6-5-7-21(26)28/h8-9,13,16,18,27H,4-7,10-12,14-15H2,1-3H3,(H,23,29)/t16-,18+/m1/s1. The topological polar surface area (TPSA) is 85.4 Å². The second-order valence-corrected chi connectivity index (χ2v) is 8.17. The number of carbonyl (C=O) groups is 2. The molecule has 8 nitrogen and oxygen atoms in total. The fourth-order valence-corrected chi connectivity index (χ4v) is 4.29. The zero-order valence-electron chi connectivity index (χ0n) is 18.3. The molecule has 3 amide bonds. The molecule has 0 unspecified atom stereocenters. The van der Waals surface area contributed by atoms with Gasteiger partial charge in [-0.3, -0.25) is 9.69 Å². The Labute approximate surface area is 178 Å². The van der Waals surface area contributed by atoms with E-state index in [1.165, 1.54) is 0 Å². The lowest BCUT2D eigenvalue weighted by atomic mass is 10.1. The molecule has 1 aromatic carbocycles. The molecule has 0 spiro atoms. The van der Waals surface area contributed by atoms with Gasteiger partial charge in [-0.1, -0.05) is 6.92 Å². The number of benzene rings is 1. The molecule has 2 aliphatic heterocycles. The summed E-state index contributed by atoms with van der Waals surface area (Å²) in [7, 11) is 1.59. The van der Waals surface area contributed by atoms with Crippen LogP contribution in [0, 0.1) is 0 Å². The second kappa shape index (κ2) is 10.1. The van der Waals surface area contributed by atoms with Gasteiger partial charge in [0, 0.05) is 50.9 Å². The van der Waals surface area contributed by atoms with Crippen LogP contribution in [0.25, 0.3) is 0 Å². The van der Waals surface area contributed by atoms with Crippen LogP contribution in [0.4, 0.5) is 16.2 Å². The fraction of sp³-hybridized carbons (Fsp3) is 0.636. The predicted molar refractivity (Wildman–Crippen MR) is 117 cm³/mol. The number of hydrogen-bond acceptors (Lipinski definition) is 5. The van der Waals surface area contributed by atoms with Crippen LogP contribution in [0.1, 0.15) is 39.5 Å². The van der Waals surface area contributed by atoms with E-state index in [0.29, 0.717) is 49.7 Å². The number of anilines is 2. The molecule has 0 bridgehead atoms. The molecule has 2 heterocycles. The van der Waals surface area contributed by atoms with Gasteiger partial charge in [-0.25, -0.2) is 4.79 Å². The van der Waals surface area contributed by atoms with E-state index in [4.69, 9.17) is 4.74 Å². The molecular formula is C22H34N4O4. The summed E-state index contributed by atoms with van der Waals surface area (Å²) in [6, 6.07) is 5.50. The number of hydrogen-bond donors (Lipinski definition) is 2. The average Bonchev–Trinajstić information content (AvgIpc) is 2.74. The highest BCUT2D eigenvalue weighted by atomic mass is 16.5. The first-order valence-corrected chi connectivity index (χ1v) is 10.9. The molecule has 0 aromatic heterocycles. The monoisotopic (exact) mass is 418 g/mol. The smallest absolute Gasteiger partial charge is 0.321 e. The van der Waals surface area contributed by atoms with Gasteiger partial charge in [-0.15, -0.1) is 0 Å². The minimum atomic E-state index is -0.380. The summed E-state index contributed by atoms with van der Waals surface area (Å²) >= 11 is 0. The number of nitrogens with one attached hydrogen (secondary N) is 1. The van der Waals surface area contributed by atoms with Gasteiger partial charge >= 0.3 is 6.03 Å². The van der Waals surface area contributed by atoms with Gasteiger partial charge in [-0.2, -0.15) is 0 Å². The highest BCUT2D eigenvalue weighted by Gasteiger charge is 2.29. The first-order chi connectivity index (χ1) is 14.4. The maximum Gasteiger partial charge on any atom is 0.321 e. The highest BCUT2D eigenvalue weighted by molar-refractivity contribution is 5.97. The van der Waals surface area contributed by atoms with Crippen molar-refractivity contribution >= 4 is 23.3 Å². The summed E-state index contributed by atoms with van der Waals surface area (Å²) < 4.78 is 5.45. The quantitative estimate of drug-likeness (QED) is 0.742. The van der Waals surface area contributed by atoms with Crippen LogP contribution in [0.2, 0.25) is 0 Å². The van der Waals surface area contributed by atoms with Gasteiger partial charge in [0.1, 0.15) is 5.75 Å². The number of aliphatic hydroxyl groups excluding tert-OH is 1. The number of ether oxygens (including phenoxy) is 1. The number of nitrogens with zero attached hydrogens (tertiary/aromatic N) is 3. The summed E-state index contributed by atoms with van der Waals surface area (Å²) in [6.07, 6.45) is 2.94. The summed E-state index contributed by atoms with van der Waals surface area (Å²) in [5.74, 6) is 0.712. The van der Waals surface area contributed by atoms with Gasteiger partial charge < -0.3 is 25.0 Å². The van der Waals surface area contributed by atoms with Crippen LogP contribution in [0.5, 0.6) is 5.75 Å². The minimum absolute atomic E-state index is 0.0862. The molecule has 166 valence electrons. The zero-order valence-corrected chi connectivity index (χ0v) is 18.3. The number of rotatable bonds is 6. The van der Waals surface area contributed by atoms with Crippen molar-refractivity contribution in [2.45, 2.75) is 51.7 Å². The third kappa shape index (κ3) is 5.23. The van der Waals surface area contributed by atoms with Crippen LogP contribution in [0.15, 0.2) is 18.2 Å². The van der Waals surface area contributed by atoms with E-state index in [-0.39, 0.29) is 24.1 Å². The second-order valence-electron chi connectivity index (χ2n) is 8.17. The maximum atomic E-state index is 12.9. The van der Waals surface area contributed by atoms with Crippen molar-refractivity contribution in [2.75, 3.05) is 50.1 Å². The molecule has 2 atom stereocenters. The highest BCUT2D eigenvalue weighted by Crippen LogP contribution is 2.33. The number of carbonyl (C=O) groups excluding carboxylic acids is 2. The largest absolute Gasteiger partial charge is 0.495 e. The number of piperazine rings is 1. The average molecular weight is 419 g/mol. The third-order valence-corrected chi connectivity index (χ3v) is 5.91. The molecule has 8 heteroatoms. The van der Waals surface area contributed by atoms with Crippen molar-refractivity contribution in [3.05, 3.63) is 18.2 Å². The molecule has 1 aromatic rings. The zero-order chi connectivity index (χ0) is 21.7. The van der Waals surface area contributed by atoms with Crippen molar-refractivity contribution in [1.29, 1.82) is 0 Å². The Balaban J connectivity index is 1.69. The van der Waals surface area contributed by atoms with E-state index in [9.17, 15) is 14.7 Å². The molecule has 2 fully saturated rings. The number of amides is 3.